The number of hydrogen-bond donors (Lipinski definition) is 1. The average molecular weight is 373 g/mol. The summed E-state index contributed by atoms with van der Waals surface area (Å²) in [7, 11) is 0. The molecule has 2 amide bonds. The maximum absolute atomic E-state index is 12.8. The van der Waals surface area contributed by atoms with Gasteiger partial charge in [-0.15, -0.1) is 0 Å². The van der Waals surface area contributed by atoms with Crippen LogP contribution in [0, 0.1) is 0 Å². The molecule has 28 heavy (non-hydrogen) atoms. The lowest BCUT2D eigenvalue weighted by atomic mass is 10.1. The first-order valence-electron chi connectivity index (χ1n) is 9.48. The van der Waals surface area contributed by atoms with Gasteiger partial charge in [-0.25, -0.2) is 4.79 Å². The number of piperazine rings is 1. The van der Waals surface area contributed by atoms with Gasteiger partial charge >= 0.3 is 6.03 Å². The van der Waals surface area contributed by atoms with Gasteiger partial charge in [0, 0.05) is 50.7 Å². The van der Waals surface area contributed by atoms with E-state index in [1.54, 1.807) is 6.20 Å². The fraction of sp³-hybridized carbons (Fsp3) is 0.227. The van der Waals surface area contributed by atoms with Gasteiger partial charge in [0.15, 0.2) is 0 Å². The lowest BCUT2D eigenvalue weighted by Crippen LogP contribution is -2.49. The van der Waals surface area contributed by atoms with Gasteiger partial charge < -0.3 is 10.2 Å². The molecule has 4 rings (SSSR count). The maximum Gasteiger partial charge on any atom is 0.321 e. The molecule has 1 fully saturated rings. The molecule has 0 unspecified atom stereocenters. The number of nitrogens with one attached hydrogen (secondary N) is 1. The second-order valence-corrected chi connectivity index (χ2v) is 6.78. The second-order valence-electron chi connectivity index (χ2n) is 6.78. The molecule has 1 N–H and O–H groups in total. The third kappa shape index (κ3) is 4.35. The number of rotatable bonds is 4. The van der Waals surface area contributed by atoms with Gasteiger partial charge in [-0.3, -0.25) is 14.9 Å². The van der Waals surface area contributed by atoms with E-state index in [2.05, 4.69) is 20.2 Å². The average Bonchev–Trinajstić information content (AvgIpc) is 2.76. The molecule has 0 spiro atoms. The van der Waals surface area contributed by atoms with Crippen molar-refractivity contribution >= 4 is 11.7 Å². The first-order valence-corrected chi connectivity index (χ1v) is 9.48. The lowest BCUT2D eigenvalue weighted by Gasteiger charge is -2.34. The van der Waals surface area contributed by atoms with Gasteiger partial charge in [-0.2, -0.15) is 0 Å². The molecule has 0 saturated carbocycles. The Morgan fingerprint density at radius 1 is 0.857 bits per heavy atom. The molecule has 0 aliphatic carbocycles. The quantitative estimate of drug-likeness (QED) is 0.760. The van der Waals surface area contributed by atoms with Crippen molar-refractivity contribution in [2.24, 2.45) is 0 Å². The summed E-state index contributed by atoms with van der Waals surface area (Å²) in [6, 6.07) is 19.5. The molecule has 0 bridgehead atoms. The van der Waals surface area contributed by atoms with Crippen molar-refractivity contribution in [2.75, 3.05) is 31.5 Å². The number of pyridine rings is 2. The minimum Gasteiger partial charge on any atom is -0.322 e. The Balaban J connectivity index is 1.37. The molecule has 142 valence electrons. The molecule has 3 heterocycles. The zero-order valence-electron chi connectivity index (χ0n) is 15.7. The van der Waals surface area contributed by atoms with Crippen LogP contribution < -0.4 is 5.32 Å². The van der Waals surface area contributed by atoms with Crippen LogP contribution >= 0.6 is 0 Å². The smallest absolute Gasteiger partial charge is 0.321 e. The van der Waals surface area contributed by atoms with Crippen LogP contribution in [0.1, 0.15) is 5.69 Å². The van der Waals surface area contributed by atoms with Crippen molar-refractivity contribution in [1.82, 2.24) is 19.8 Å². The lowest BCUT2D eigenvalue weighted by molar-refractivity contribution is 0.142. The van der Waals surface area contributed by atoms with Crippen molar-refractivity contribution in [1.29, 1.82) is 0 Å². The largest absolute Gasteiger partial charge is 0.322 e. The van der Waals surface area contributed by atoms with Crippen LogP contribution in [0.2, 0.25) is 0 Å². The van der Waals surface area contributed by atoms with E-state index in [0.717, 1.165) is 42.3 Å². The fourth-order valence-corrected chi connectivity index (χ4v) is 3.36. The molecule has 0 atom stereocenters. The number of nitrogens with zero attached hydrogens (tertiary/aromatic N) is 4. The number of carbonyl (C=O) groups excluding carboxylic acids is 1. The zero-order valence-corrected chi connectivity index (χ0v) is 15.7. The molecule has 0 radical (unpaired) electrons. The van der Waals surface area contributed by atoms with E-state index < -0.39 is 0 Å². The Morgan fingerprint density at radius 2 is 1.61 bits per heavy atom. The Bertz CT molecular complexity index is 908. The summed E-state index contributed by atoms with van der Waals surface area (Å²) < 4.78 is 0. The molecular formula is C22H23N5O. The Kier molecular flexibility index (Phi) is 5.58. The van der Waals surface area contributed by atoms with Crippen LogP contribution in [0.3, 0.4) is 0 Å². The number of amides is 2. The standard InChI is InChI=1S/C22H23N5O/c28-22(25-20-10-6-12-24-21(20)18-7-2-1-3-8-18)27-15-13-26(14-16-27)17-19-9-4-5-11-23-19/h1-12H,13-17H2,(H,25,28). The molecular weight excluding hydrogens is 350 g/mol. The van der Waals surface area contributed by atoms with Crippen LogP contribution in [0.4, 0.5) is 10.5 Å². The topological polar surface area (TPSA) is 61.4 Å². The highest BCUT2D eigenvalue weighted by Gasteiger charge is 2.22. The van der Waals surface area contributed by atoms with E-state index >= 15 is 0 Å². The first-order chi connectivity index (χ1) is 13.8. The predicted octanol–water partition coefficient (Wildman–Crippen LogP) is 3.49. The molecule has 1 aliphatic heterocycles. The number of aromatic nitrogens is 2. The molecule has 3 aromatic rings. The van der Waals surface area contributed by atoms with Crippen molar-refractivity contribution in [3.63, 3.8) is 0 Å². The summed E-state index contributed by atoms with van der Waals surface area (Å²) in [4.78, 5) is 25.8. The zero-order chi connectivity index (χ0) is 19.2. The molecule has 6 nitrogen and oxygen atoms in total. The van der Waals surface area contributed by atoms with Crippen molar-refractivity contribution in [2.45, 2.75) is 6.54 Å². The number of urea groups is 1. The SMILES string of the molecule is O=C(Nc1cccnc1-c1ccccc1)N1CCN(Cc2ccccn2)CC1. The highest BCUT2D eigenvalue weighted by molar-refractivity contribution is 5.93. The van der Waals surface area contributed by atoms with E-state index in [9.17, 15) is 4.79 Å². The van der Waals surface area contributed by atoms with E-state index in [0.29, 0.717) is 13.1 Å². The van der Waals surface area contributed by atoms with E-state index in [1.807, 2.05) is 71.8 Å². The first kappa shape index (κ1) is 18.1. The third-order valence-corrected chi connectivity index (χ3v) is 4.87. The normalized spacial score (nSPS) is 14.6. The van der Waals surface area contributed by atoms with Gasteiger partial charge in [0.05, 0.1) is 17.1 Å². The van der Waals surface area contributed by atoms with Gasteiger partial charge in [0.1, 0.15) is 0 Å². The minimum atomic E-state index is -0.0809. The van der Waals surface area contributed by atoms with Crippen molar-refractivity contribution in [3.05, 3.63) is 78.8 Å². The van der Waals surface area contributed by atoms with Gasteiger partial charge in [-0.1, -0.05) is 36.4 Å². The van der Waals surface area contributed by atoms with E-state index in [4.69, 9.17) is 0 Å². The Hall–Kier alpha value is -3.25. The predicted molar refractivity (Wildman–Crippen MR) is 110 cm³/mol. The van der Waals surface area contributed by atoms with Gasteiger partial charge in [0.2, 0.25) is 0 Å². The second kappa shape index (κ2) is 8.63. The van der Waals surface area contributed by atoms with Crippen LogP contribution in [0.5, 0.6) is 0 Å². The summed E-state index contributed by atoms with van der Waals surface area (Å²) in [6.45, 7) is 3.88. The summed E-state index contributed by atoms with van der Waals surface area (Å²) in [5.41, 5.74) is 3.56. The highest BCUT2D eigenvalue weighted by Crippen LogP contribution is 2.25. The maximum atomic E-state index is 12.8. The Morgan fingerprint density at radius 3 is 2.36 bits per heavy atom. The van der Waals surface area contributed by atoms with E-state index in [1.165, 1.54) is 0 Å². The van der Waals surface area contributed by atoms with Gasteiger partial charge in [0.25, 0.3) is 0 Å². The van der Waals surface area contributed by atoms with Crippen molar-refractivity contribution < 1.29 is 4.79 Å². The van der Waals surface area contributed by atoms with E-state index in [-0.39, 0.29) is 6.03 Å². The minimum absolute atomic E-state index is 0.0809. The molecule has 2 aromatic heterocycles. The molecule has 6 heteroatoms. The van der Waals surface area contributed by atoms with Crippen LogP contribution in [0.25, 0.3) is 11.3 Å². The van der Waals surface area contributed by atoms with Gasteiger partial charge in [-0.05, 0) is 24.3 Å². The number of benzene rings is 1. The van der Waals surface area contributed by atoms with Crippen LogP contribution in [-0.2, 0) is 6.54 Å². The summed E-state index contributed by atoms with van der Waals surface area (Å²) in [5.74, 6) is 0. The highest BCUT2D eigenvalue weighted by atomic mass is 16.2. The fourth-order valence-electron chi connectivity index (χ4n) is 3.36. The third-order valence-electron chi connectivity index (χ3n) is 4.87. The molecule has 1 aromatic carbocycles. The molecule has 1 saturated heterocycles. The van der Waals surface area contributed by atoms with Crippen LogP contribution in [-0.4, -0.2) is 52.0 Å². The summed E-state index contributed by atoms with van der Waals surface area (Å²) in [6.07, 6.45) is 3.56. The number of hydrogen-bond acceptors (Lipinski definition) is 4. The van der Waals surface area contributed by atoms with Crippen molar-refractivity contribution in [3.8, 4) is 11.3 Å². The summed E-state index contributed by atoms with van der Waals surface area (Å²) >= 11 is 0. The van der Waals surface area contributed by atoms with Crippen LogP contribution in [0.15, 0.2) is 73.1 Å². The Labute approximate surface area is 164 Å². The summed E-state index contributed by atoms with van der Waals surface area (Å²) in [5, 5.41) is 3.04. The monoisotopic (exact) mass is 373 g/mol. The number of anilines is 1. The number of carbonyl (C=O) groups is 1. The molecule has 1 aliphatic rings.